The first kappa shape index (κ1) is 26.5. The van der Waals surface area contributed by atoms with Crippen LogP contribution in [-0.2, 0) is 6.61 Å². The van der Waals surface area contributed by atoms with Crippen molar-refractivity contribution in [1.29, 1.82) is 0 Å². The molecule has 0 atom stereocenters. The Morgan fingerprint density at radius 2 is 1.21 bits per heavy atom. The van der Waals surface area contributed by atoms with E-state index in [1.165, 1.54) is 36.4 Å². The van der Waals surface area contributed by atoms with E-state index in [0.29, 0.717) is 17.9 Å². The lowest BCUT2D eigenvalue weighted by Crippen LogP contribution is -2.41. The van der Waals surface area contributed by atoms with Gasteiger partial charge in [0.05, 0.1) is 9.85 Å². The van der Waals surface area contributed by atoms with E-state index < -0.39 is 27.8 Å². The Kier molecular flexibility index (Phi) is 8.22. The van der Waals surface area contributed by atoms with Crippen molar-refractivity contribution >= 4 is 23.2 Å². The van der Waals surface area contributed by atoms with Crippen LogP contribution in [-0.4, -0.2) is 21.7 Å². The van der Waals surface area contributed by atoms with E-state index in [9.17, 15) is 29.8 Å². The second-order valence-corrected chi connectivity index (χ2v) is 8.34. The van der Waals surface area contributed by atoms with Gasteiger partial charge in [-0.25, -0.2) is 0 Å². The van der Waals surface area contributed by atoms with Gasteiger partial charge in [-0.05, 0) is 35.4 Å². The number of rotatable bonds is 10. The van der Waals surface area contributed by atoms with E-state index >= 15 is 0 Å². The van der Waals surface area contributed by atoms with Crippen molar-refractivity contribution in [3.63, 3.8) is 0 Å². The Balaban J connectivity index is 1.56. The number of nitrogens with zero attached hydrogens (tertiary/aromatic N) is 2. The number of hydrogen-bond acceptors (Lipinski definition) is 7. The van der Waals surface area contributed by atoms with Crippen LogP contribution in [0.3, 0.4) is 0 Å². The average molecular weight is 527 g/mol. The first-order valence-corrected chi connectivity index (χ1v) is 11.7. The third kappa shape index (κ3) is 7.01. The molecule has 0 saturated carbocycles. The standard InChI is InChI=1S/C28H22N4O7/c33-27(21-8-4-10-23(16-21)31(35)36)29-26(30-28(34)22-9-5-11-24(17-22)32(37)38)20-12-14-25(15-13-20)39-18-19-6-2-1-3-7-19/h1-17,26H,18H2,(H,29,33)(H,30,34). The van der Waals surface area contributed by atoms with E-state index in [1.54, 1.807) is 24.3 Å². The van der Waals surface area contributed by atoms with Crippen molar-refractivity contribution in [3.8, 4) is 5.75 Å². The number of nitrogens with one attached hydrogen (secondary N) is 2. The Labute approximate surface area is 222 Å². The summed E-state index contributed by atoms with van der Waals surface area (Å²) in [6.07, 6.45) is -1.08. The van der Waals surface area contributed by atoms with Crippen molar-refractivity contribution < 1.29 is 24.2 Å². The molecule has 0 heterocycles. The maximum atomic E-state index is 13.0. The molecule has 0 aliphatic heterocycles. The number of amides is 2. The molecule has 0 saturated heterocycles. The molecule has 0 aliphatic carbocycles. The third-order valence-electron chi connectivity index (χ3n) is 5.65. The van der Waals surface area contributed by atoms with Crippen LogP contribution in [0.2, 0.25) is 0 Å². The molecule has 0 aliphatic rings. The summed E-state index contributed by atoms with van der Waals surface area (Å²) in [5.74, 6) is -0.795. The maximum absolute atomic E-state index is 13.0. The fourth-order valence-electron chi connectivity index (χ4n) is 3.65. The summed E-state index contributed by atoms with van der Waals surface area (Å²) < 4.78 is 5.80. The minimum atomic E-state index is -1.08. The highest BCUT2D eigenvalue weighted by molar-refractivity contribution is 5.97. The van der Waals surface area contributed by atoms with Crippen molar-refractivity contribution in [2.24, 2.45) is 0 Å². The van der Waals surface area contributed by atoms with Crippen LogP contribution in [0, 0.1) is 20.2 Å². The molecule has 11 heteroatoms. The molecular formula is C28H22N4O7. The van der Waals surface area contributed by atoms with Gasteiger partial charge in [-0.1, -0.05) is 54.6 Å². The quantitative estimate of drug-likeness (QED) is 0.168. The topological polar surface area (TPSA) is 154 Å². The van der Waals surface area contributed by atoms with E-state index in [4.69, 9.17) is 4.74 Å². The van der Waals surface area contributed by atoms with Gasteiger partial charge >= 0.3 is 0 Å². The molecule has 0 bridgehead atoms. The number of non-ortho nitro benzene ring substituents is 2. The van der Waals surface area contributed by atoms with Gasteiger partial charge in [0, 0.05) is 35.4 Å². The summed E-state index contributed by atoms with van der Waals surface area (Å²) >= 11 is 0. The summed E-state index contributed by atoms with van der Waals surface area (Å²) in [4.78, 5) is 47.0. The van der Waals surface area contributed by atoms with Gasteiger partial charge in [-0.15, -0.1) is 0 Å². The van der Waals surface area contributed by atoms with Gasteiger partial charge in [0.1, 0.15) is 18.5 Å². The molecule has 2 N–H and O–H groups in total. The molecule has 39 heavy (non-hydrogen) atoms. The maximum Gasteiger partial charge on any atom is 0.270 e. The van der Waals surface area contributed by atoms with Gasteiger partial charge < -0.3 is 15.4 Å². The molecule has 196 valence electrons. The summed E-state index contributed by atoms with van der Waals surface area (Å²) in [6.45, 7) is 0.344. The molecule has 11 nitrogen and oxygen atoms in total. The lowest BCUT2D eigenvalue weighted by Gasteiger charge is -2.21. The fraction of sp³-hybridized carbons (Fsp3) is 0.0714. The van der Waals surface area contributed by atoms with Crippen LogP contribution in [0.15, 0.2) is 103 Å². The third-order valence-corrected chi connectivity index (χ3v) is 5.65. The van der Waals surface area contributed by atoms with E-state index in [1.807, 2.05) is 30.3 Å². The molecule has 4 aromatic rings. The van der Waals surface area contributed by atoms with E-state index in [-0.39, 0.29) is 22.5 Å². The lowest BCUT2D eigenvalue weighted by molar-refractivity contribution is -0.385. The van der Waals surface area contributed by atoms with Crippen LogP contribution < -0.4 is 15.4 Å². The van der Waals surface area contributed by atoms with E-state index in [2.05, 4.69) is 10.6 Å². The molecule has 4 rings (SSSR count). The zero-order valence-electron chi connectivity index (χ0n) is 20.4. The predicted octanol–water partition coefficient (Wildman–Crippen LogP) is 4.94. The monoisotopic (exact) mass is 526 g/mol. The average Bonchev–Trinajstić information content (AvgIpc) is 2.96. The number of hydrogen-bond donors (Lipinski definition) is 2. The summed E-state index contributed by atoms with van der Waals surface area (Å²) in [6, 6.07) is 26.5. The molecule has 0 unspecified atom stereocenters. The molecule has 0 fully saturated rings. The highest BCUT2D eigenvalue weighted by Gasteiger charge is 2.21. The number of carbonyl (C=O) groups is 2. The van der Waals surface area contributed by atoms with Crippen LogP contribution in [0.1, 0.15) is 38.0 Å². The number of nitro benzene ring substituents is 2. The van der Waals surface area contributed by atoms with Crippen LogP contribution in [0.5, 0.6) is 5.75 Å². The largest absolute Gasteiger partial charge is 0.489 e. The first-order chi connectivity index (χ1) is 18.8. The van der Waals surface area contributed by atoms with Gasteiger partial charge in [0.2, 0.25) is 0 Å². The SMILES string of the molecule is O=C(NC(NC(=O)c1cccc([N+](=O)[O-])c1)c1ccc(OCc2ccccc2)cc1)c1cccc([N+](=O)[O-])c1. The molecular weight excluding hydrogens is 504 g/mol. The van der Waals surface area contributed by atoms with Gasteiger partial charge in [-0.2, -0.15) is 0 Å². The van der Waals surface area contributed by atoms with Gasteiger partial charge in [0.15, 0.2) is 0 Å². The Morgan fingerprint density at radius 3 is 1.69 bits per heavy atom. The van der Waals surface area contributed by atoms with Crippen molar-refractivity contribution in [2.75, 3.05) is 0 Å². The predicted molar refractivity (Wildman–Crippen MR) is 141 cm³/mol. The molecule has 4 aromatic carbocycles. The Hall–Kier alpha value is -5.58. The fourth-order valence-corrected chi connectivity index (χ4v) is 3.65. The van der Waals surface area contributed by atoms with Gasteiger partial charge in [-0.3, -0.25) is 29.8 Å². The summed E-state index contributed by atoms with van der Waals surface area (Å²) in [5, 5.41) is 27.6. The van der Waals surface area contributed by atoms with Crippen molar-refractivity contribution in [3.05, 3.63) is 146 Å². The minimum absolute atomic E-state index is 0.0154. The smallest absolute Gasteiger partial charge is 0.270 e. The summed E-state index contributed by atoms with van der Waals surface area (Å²) in [5.41, 5.74) is 0.954. The van der Waals surface area contributed by atoms with Crippen molar-refractivity contribution in [1.82, 2.24) is 10.6 Å². The zero-order valence-corrected chi connectivity index (χ0v) is 20.4. The van der Waals surface area contributed by atoms with Crippen molar-refractivity contribution in [2.45, 2.75) is 12.8 Å². The number of carbonyl (C=O) groups excluding carboxylic acids is 2. The lowest BCUT2D eigenvalue weighted by atomic mass is 10.1. The molecule has 0 spiro atoms. The van der Waals surface area contributed by atoms with Gasteiger partial charge in [0.25, 0.3) is 23.2 Å². The van der Waals surface area contributed by atoms with Crippen LogP contribution in [0.4, 0.5) is 11.4 Å². The molecule has 2 amide bonds. The second-order valence-electron chi connectivity index (χ2n) is 8.34. The number of nitro groups is 2. The normalized spacial score (nSPS) is 10.5. The molecule has 0 aromatic heterocycles. The number of ether oxygens (including phenoxy) is 1. The Bertz CT molecular complexity index is 1440. The zero-order chi connectivity index (χ0) is 27.8. The highest BCUT2D eigenvalue weighted by atomic mass is 16.6. The van der Waals surface area contributed by atoms with Crippen LogP contribution in [0.25, 0.3) is 0 Å². The second kappa shape index (κ2) is 12.1. The molecule has 0 radical (unpaired) electrons. The summed E-state index contributed by atoms with van der Waals surface area (Å²) in [7, 11) is 0. The highest BCUT2D eigenvalue weighted by Crippen LogP contribution is 2.21. The van der Waals surface area contributed by atoms with E-state index in [0.717, 1.165) is 17.7 Å². The van der Waals surface area contributed by atoms with Crippen LogP contribution >= 0.6 is 0 Å². The number of benzene rings is 4. The first-order valence-electron chi connectivity index (χ1n) is 11.7. The minimum Gasteiger partial charge on any atom is -0.489 e. The Morgan fingerprint density at radius 1 is 0.692 bits per heavy atom.